The highest BCUT2D eigenvalue weighted by Crippen LogP contribution is 2.53. The number of hydrogen-bond donors (Lipinski definition) is 5. The predicted octanol–water partition coefficient (Wildman–Crippen LogP) is 2.82. The Kier molecular flexibility index (Phi) is 8.67. The van der Waals surface area contributed by atoms with Gasteiger partial charge >= 0.3 is 5.97 Å². The highest BCUT2D eigenvalue weighted by Gasteiger charge is 2.51. The molecule has 3 aromatic carbocycles. The first-order chi connectivity index (χ1) is 20.0. The molecule has 1 unspecified atom stereocenters. The van der Waals surface area contributed by atoms with Crippen molar-refractivity contribution in [1.82, 2.24) is 0 Å². The number of carbonyl (C=O) groups excluding carboxylic acids is 1. The van der Waals surface area contributed by atoms with Crippen LogP contribution in [0.5, 0.6) is 5.75 Å². The van der Waals surface area contributed by atoms with Crippen molar-refractivity contribution >= 4 is 11.8 Å². The van der Waals surface area contributed by atoms with Crippen LogP contribution in [0.15, 0.2) is 72.8 Å². The first-order valence-electron chi connectivity index (χ1n) is 13.5. The van der Waals surface area contributed by atoms with Crippen molar-refractivity contribution in [3.8, 4) is 5.75 Å². The van der Waals surface area contributed by atoms with Crippen LogP contribution in [-0.4, -0.2) is 68.0 Å². The van der Waals surface area contributed by atoms with Crippen molar-refractivity contribution in [2.24, 2.45) is 5.92 Å². The average molecular weight is 585 g/mol. The number of ketones is 1. The van der Waals surface area contributed by atoms with E-state index in [0.717, 1.165) is 5.56 Å². The second-order valence-electron chi connectivity index (χ2n) is 10.6. The number of carboxylic acid groups (broad SMARTS) is 1. The molecular formula is C31H30F2O9. The van der Waals surface area contributed by atoms with Crippen LogP contribution < -0.4 is 4.74 Å². The number of aliphatic hydroxyl groups excluding tert-OH is 4. The third-order valence-electron chi connectivity index (χ3n) is 8.03. The van der Waals surface area contributed by atoms with Gasteiger partial charge in [-0.2, -0.15) is 0 Å². The van der Waals surface area contributed by atoms with Crippen LogP contribution >= 0.6 is 0 Å². The van der Waals surface area contributed by atoms with E-state index in [2.05, 4.69) is 0 Å². The van der Waals surface area contributed by atoms with E-state index < -0.39 is 66.2 Å². The molecule has 9 atom stereocenters. The van der Waals surface area contributed by atoms with Crippen LogP contribution in [-0.2, 0) is 14.3 Å². The monoisotopic (exact) mass is 584 g/mol. The molecule has 5 N–H and O–H groups in total. The number of benzene rings is 3. The number of hydrogen-bond acceptors (Lipinski definition) is 8. The van der Waals surface area contributed by atoms with Gasteiger partial charge in [0.25, 0.3) is 0 Å². The van der Waals surface area contributed by atoms with Crippen molar-refractivity contribution in [3.05, 3.63) is 101 Å². The molecule has 9 nitrogen and oxygen atoms in total. The Morgan fingerprint density at radius 3 is 2.00 bits per heavy atom. The Labute approximate surface area is 239 Å². The minimum Gasteiger partial charge on any atom is -0.479 e. The Bertz CT molecular complexity index is 1400. The van der Waals surface area contributed by atoms with E-state index in [9.17, 15) is 43.9 Å². The van der Waals surface area contributed by atoms with Gasteiger partial charge < -0.3 is 35.0 Å². The number of carboxylic acids is 1. The van der Waals surface area contributed by atoms with Gasteiger partial charge in [-0.1, -0.05) is 36.4 Å². The van der Waals surface area contributed by atoms with Gasteiger partial charge in [0, 0.05) is 11.8 Å². The fourth-order valence-electron chi connectivity index (χ4n) is 5.73. The molecule has 2 fully saturated rings. The minimum atomic E-state index is -1.85. The molecule has 0 radical (unpaired) electrons. The van der Waals surface area contributed by atoms with E-state index in [1.165, 1.54) is 48.5 Å². The van der Waals surface area contributed by atoms with Crippen molar-refractivity contribution < 1.29 is 53.4 Å². The van der Waals surface area contributed by atoms with E-state index in [0.29, 0.717) is 17.5 Å². The van der Waals surface area contributed by atoms with Crippen molar-refractivity contribution in [1.29, 1.82) is 0 Å². The summed E-state index contributed by atoms with van der Waals surface area (Å²) in [5, 5.41) is 50.1. The van der Waals surface area contributed by atoms with E-state index in [-0.39, 0.29) is 23.9 Å². The summed E-state index contributed by atoms with van der Waals surface area (Å²) in [5.74, 6) is -3.60. The quantitative estimate of drug-likeness (QED) is 0.256. The number of rotatable bonds is 9. The van der Waals surface area contributed by atoms with E-state index in [4.69, 9.17) is 9.47 Å². The van der Waals surface area contributed by atoms with Gasteiger partial charge in [0.2, 0.25) is 6.29 Å². The molecule has 5 rings (SSSR count). The second kappa shape index (κ2) is 12.2. The van der Waals surface area contributed by atoms with Gasteiger partial charge in [0.15, 0.2) is 6.10 Å². The summed E-state index contributed by atoms with van der Waals surface area (Å²) in [6.07, 6.45) is -9.07. The number of ether oxygens (including phenoxy) is 2. The molecule has 1 aliphatic heterocycles. The molecule has 0 bridgehead atoms. The lowest BCUT2D eigenvalue weighted by Gasteiger charge is -2.44. The van der Waals surface area contributed by atoms with E-state index in [1.54, 1.807) is 24.3 Å². The van der Waals surface area contributed by atoms with Crippen molar-refractivity contribution in [2.75, 3.05) is 0 Å². The van der Waals surface area contributed by atoms with Crippen LogP contribution in [0, 0.1) is 17.6 Å². The zero-order valence-electron chi connectivity index (χ0n) is 22.2. The van der Waals surface area contributed by atoms with E-state index in [1.807, 2.05) is 0 Å². The number of aliphatic hydroxyl groups is 4. The van der Waals surface area contributed by atoms with Gasteiger partial charge in [0.05, 0.1) is 12.0 Å². The molecule has 1 aliphatic carbocycles. The van der Waals surface area contributed by atoms with Crippen LogP contribution in [0.1, 0.15) is 47.5 Å². The molecule has 0 spiro atoms. The van der Waals surface area contributed by atoms with Crippen LogP contribution in [0.2, 0.25) is 0 Å². The van der Waals surface area contributed by atoms with Crippen molar-refractivity contribution in [3.63, 3.8) is 0 Å². The Hall–Kier alpha value is -3.74. The Balaban J connectivity index is 1.34. The molecule has 1 saturated heterocycles. The maximum absolute atomic E-state index is 13.6. The largest absolute Gasteiger partial charge is 0.479 e. The summed E-state index contributed by atoms with van der Waals surface area (Å²) in [6, 6.07) is 17.7. The molecule has 2 aliphatic rings. The number of aliphatic carboxylic acids is 1. The summed E-state index contributed by atoms with van der Waals surface area (Å²) >= 11 is 0. The zero-order valence-corrected chi connectivity index (χ0v) is 22.2. The van der Waals surface area contributed by atoms with Gasteiger partial charge in [-0.15, -0.1) is 0 Å². The maximum Gasteiger partial charge on any atom is 0.335 e. The maximum atomic E-state index is 13.6. The number of Topliss-reactive ketones (excluding diaryl/α,β-unsaturated/α-hetero) is 1. The average Bonchev–Trinajstić information content (AvgIpc) is 2.97. The Morgan fingerprint density at radius 1 is 0.833 bits per heavy atom. The Morgan fingerprint density at radius 2 is 1.40 bits per heavy atom. The third-order valence-corrected chi connectivity index (χ3v) is 8.03. The predicted molar refractivity (Wildman–Crippen MR) is 142 cm³/mol. The van der Waals surface area contributed by atoms with Crippen LogP contribution in [0.4, 0.5) is 8.78 Å². The van der Waals surface area contributed by atoms with Gasteiger partial charge in [-0.05, 0) is 65.9 Å². The minimum absolute atomic E-state index is 0.0516. The molecule has 222 valence electrons. The number of carbonyl (C=O) groups is 2. The highest BCUT2D eigenvalue weighted by molar-refractivity contribution is 5.96. The van der Waals surface area contributed by atoms with Gasteiger partial charge in [-0.25, -0.2) is 13.6 Å². The van der Waals surface area contributed by atoms with Crippen LogP contribution in [0.3, 0.4) is 0 Å². The lowest BCUT2D eigenvalue weighted by atomic mass is 9.57. The standard InChI is InChI=1S/C31H30F2O9/c32-18-7-1-15(2-8-18)22(34)14-13-21-23(24(25(21)35)17-3-9-19(33)10-4-17)16-5-11-20(12-6-16)41-31-28(38)26(36)27(37)29(42-31)30(39)40/h1-12,21-24,26-29,31,34,36-38H,13-14H2,(H,39,40)/t21-,22+,23-,24?,26+,27+,28-,29+,31-/m1/s1. The molecule has 0 aromatic heterocycles. The van der Waals surface area contributed by atoms with Crippen LogP contribution in [0.25, 0.3) is 0 Å². The summed E-state index contributed by atoms with van der Waals surface area (Å²) in [6.45, 7) is 0. The molecule has 11 heteroatoms. The summed E-state index contributed by atoms with van der Waals surface area (Å²) < 4.78 is 37.6. The fraction of sp³-hybridized carbons (Fsp3) is 0.355. The summed E-state index contributed by atoms with van der Waals surface area (Å²) in [5.41, 5.74) is 1.93. The van der Waals surface area contributed by atoms with E-state index >= 15 is 0 Å². The molecule has 0 amide bonds. The van der Waals surface area contributed by atoms with Crippen molar-refractivity contribution in [2.45, 2.75) is 61.5 Å². The molecule has 1 heterocycles. The third kappa shape index (κ3) is 5.92. The fourth-order valence-corrected chi connectivity index (χ4v) is 5.73. The number of halogens is 2. The first kappa shape index (κ1) is 29.7. The smallest absolute Gasteiger partial charge is 0.335 e. The second-order valence-corrected chi connectivity index (χ2v) is 10.6. The zero-order chi connectivity index (χ0) is 30.1. The molecule has 1 saturated carbocycles. The molecule has 42 heavy (non-hydrogen) atoms. The molecule has 3 aromatic rings. The lowest BCUT2D eigenvalue weighted by Crippen LogP contribution is -2.61. The molecular weight excluding hydrogens is 554 g/mol. The first-order valence-corrected chi connectivity index (χ1v) is 13.5. The lowest BCUT2D eigenvalue weighted by molar-refractivity contribution is -0.271. The SMILES string of the molecule is O=C(O)[C@H]1O[C@@H](Oc2ccc([C@H]3C(c4ccc(F)cc4)C(=O)[C@@H]3CC[C@H](O)c3ccc(F)cc3)cc2)[C@H](O)[C@@H](O)[C@@H]1O. The highest BCUT2D eigenvalue weighted by atomic mass is 19.1. The summed E-state index contributed by atoms with van der Waals surface area (Å²) in [4.78, 5) is 24.7. The topological polar surface area (TPSA) is 154 Å². The normalized spacial score (nSPS) is 29.9. The van der Waals surface area contributed by atoms with Gasteiger partial charge in [-0.3, -0.25) is 4.79 Å². The van der Waals surface area contributed by atoms with Gasteiger partial charge in [0.1, 0.15) is 41.5 Å². The summed E-state index contributed by atoms with van der Waals surface area (Å²) in [7, 11) is 0.